The summed E-state index contributed by atoms with van der Waals surface area (Å²) in [6.07, 6.45) is 0. The van der Waals surface area contributed by atoms with Crippen molar-refractivity contribution in [2.75, 3.05) is 11.5 Å². The fourth-order valence-corrected chi connectivity index (χ4v) is 3.00. The highest BCUT2D eigenvalue weighted by atomic mass is 35.5. The Bertz CT molecular complexity index is 827. The summed E-state index contributed by atoms with van der Waals surface area (Å²) in [6, 6.07) is 2.84. The average molecular weight is 385 g/mol. The van der Waals surface area contributed by atoms with E-state index < -0.39 is 29.7 Å². The van der Waals surface area contributed by atoms with Crippen molar-refractivity contribution < 1.29 is 19.1 Å². The van der Waals surface area contributed by atoms with Gasteiger partial charge in [-0.3, -0.25) is 9.59 Å². The number of amides is 2. The number of nitroso groups, excluding NO2 is 1. The number of anilines is 1. The summed E-state index contributed by atoms with van der Waals surface area (Å²) in [5.41, 5.74) is -0.180. The van der Waals surface area contributed by atoms with E-state index in [1.165, 1.54) is 18.2 Å². The fraction of sp³-hybridized carbons (Fsp3) is 0.286. The van der Waals surface area contributed by atoms with Crippen LogP contribution in [0.4, 0.5) is 5.69 Å². The minimum atomic E-state index is -1.33. The third-order valence-electron chi connectivity index (χ3n) is 3.76. The second-order valence-corrected chi connectivity index (χ2v) is 5.95. The van der Waals surface area contributed by atoms with Crippen molar-refractivity contribution in [3.8, 4) is 0 Å². The van der Waals surface area contributed by atoms with Gasteiger partial charge >= 0.3 is 5.97 Å². The molecule has 2 atom stereocenters. The molecule has 3 rings (SSSR count). The van der Waals surface area contributed by atoms with E-state index in [0.29, 0.717) is 5.12 Å². The Morgan fingerprint density at radius 2 is 2.00 bits per heavy atom. The van der Waals surface area contributed by atoms with Crippen LogP contribution in [0.2, 0.25) is 10.0 Å². The van der Waals surface area contributed by atoms with Crippen LogP contribution in [-0.2, 0) is 19.1 Å². The van der Waals surface area contributed by atoms with Crippen molar-refractivity contribution in [2.24, 2.45) is 16.3 Å². The highest BCUT2D eigenvalue weighted by Crippen LogP contribution is 2.37. The summed E-state index contributed by atoms with van der Waals surface area (Å²) < 4.78 is 4.83. The SMILES string of the molecule is CCOC(=O)C1=NN(N=O)[C@H]2C(=O)N(c3ccc(Cl)c(Cl)c3)C(=O)[C@H]12. The molecule has 1 fully saturated rings. The van der Waals surface area contributed by atoms with Crippen molar-refractivity contribution in [1.29, 1.82) is 0 Å². The molecular weight excluding hydrogens is 375 g/mol. The molecule has 11 heteroatoms. The number of hydrogen-bond acceptors (Lipinski definition) is 7. The van der Waals surface area contributed by atoms with Gasteiger partial charge in [-0.15, -0.1) is 15.1 Å². The van der Waals surface area contributed by atoms with Crippen LogP contribution in [0.5, 0.6) is 0 Å². The van der Waals surface area contributed by atoms with Gasteiger partial charge in [0.05, 0.1) is 27.6 Å². The topological polar surface area (TPSA) is 109 Å². The van der Waals surface area contributed by atoms with Gasteiger partial charge in [-0.05, 0) is 25.1 Å². The number of esters is 1. The maximum atomic E-state index is 12.7. The van der Waals surface area contributed by atoms with Gasteiger partial charge in [0.1, 0.15) is 5.92 Å². The largest absolute Gasteiger partial charge is 0.461 e. The number of nitrogens with zero attached hydrogens (tertiary/aromatic N) is 4. The fourth-order valence-electron chi connectivity index (χ4n) is 2.71. The summed E-state index contributed by atoms with van der Waals surface area (Å²) in [7, 11) is 0. The average Bonchev–Trinajstić information content (AvgIpc) is 3.08. The first-order valence-corrected chi connectivity index (χ1v) is 7.87. The lowest BCUT2D eigenvalue weighted by Gasteiger charge is -2.17. The van der Waals surface area contributed by atoms with Crippen LogP contribution in [0, 0.1) is 10.8 Å². The molecule has 0 N–H and O–H groups in total. The number of hydrogen-bond donors (Lipinski definition) is 0. The maximum Gasteiger partial charge on any atom is 0.355 e. The van der Waals surface area contributed by atoms with Gasteiger partial charge in [-0.1, -0.05) is 23.2 Å². The molecule has 0 unspecified atom stereocenters. The first kappa shape index (κ1) is 17.3. The Labute approximate surface area is 151 Å². The monoisotopic (exact) mass is 384 g/mol. The van der Waals surface area contributed by atoms with Gasteiger partial charge < -0.3 is 4.74 Å². The van der Waals surface area contributed by atoms with Crippen LogP contribution >= 0.6 is 23.2 Å². The van der Waals surface area contributed by atoms with E-state index in [9.17, 15) is 19.3 Å². The molecule has 2 amide bonds. The Hall–Kier alpha value is -2.52. The van der Waals surface area contributed by atoms with E-state index in [2.05, 4.69) is 10.4 Å². The van der Waals surface area contributed by atoms with Gasteiger partial charge in [0.15, 0.2) is 11.8 Å². The number of carbonyl (C=O) groups excluding carboxylic acids is 3. The second-order valence-electron chi connectivity index (χ2n) is 5.14. The number of imide groups is 1. The van der Waals surface area contributed by atoms with E-state index in [-0.39, 0.29) is 28.1 Å². The Morgan fingerprint density at radius 3 is 2.60 bits per heavy atom. The van der Waals surface area contributed by atoms with Gasteiger partial charge in [0.2, 0.25) is 5.91 Å². The Kier molecular flexibility index (Phi) is 4.44. The van der Waals surface area contributed by atoms with E-state index in [1.54, 1.807) is 6.92 Å². The van der Waals surface area contributed by atoms with E-state index >= 15 is 0 Å². The summed E-state index contributed by atoms with van der Waals surface area (Å²) in [5, 5.41) is 7.15. The third kappa shape index (κ3) is 2.65. The van der Waals surface area contributed by atoms with Gasteiger partial charge in [-0.25, -0.2) is 9.69 Å². The molecule has 0 aliphatic carbocycles. The molecule has 1 aromatic rings. The normalized spacial score (nSPS) is 22.1. The number of hydrazone groups is 1. The van der Waals surface area contributed by atoms with Crippen molar-refractivity contribution in [3.05, 3.63) is 33.2 Å². The number of benzene rings is 1. The number of fused-ring (bicyclic) bond motifs is 1. The Morgan fingerprint density at radius 1 is 1.28 bits per heavy atom. The zero-order valence-electron chi connectivity index (χ0n) is 12.7. The quantitative estimate of drug-likeness (QED) is 0.444. The highest BCUT2D eigenvalue weighted by Gasteiger charge is 2.59. The summed E-state index contributed by atoms with van der Waals surface area (Å²) in [4.78, 5) is 49.2. The zero-order valence-corrected chi connectivity index (χ0v) is 14.2. The van der Waals surface area contributed by atoms with Crippen molar-refractivity contribution >= 4 is 52.4 Å². The lowest BCUT2D eigenvalue weighted by atomic mass is 9.98. The molecule has 0 bridgehead atoms. The number of halogens is 2. The molecular formula is C14H10Cl2N4O5. The van der Waals surface area contributed by atoms with Crippen molar-refractivity contribution in [2.45, 2.75) is 13.0 Å². The van der Waals surface area contributed by atoms with Crippen LogP contribution in [0.1, 0.15) is 6.92 Å². The predicted molar refractivity (Wildman–Crippen MR) is 87.9 cm³/mol. The van der Waals surface area contributed by atoms with Crippen molar-refractivity contribution in [1.82, 2.24) is 5.12 Å². The first-order chi connectivity index (χ1) is 11.9. The second kappa shape index (κ2) is 6.41. The molecule has 130 valence electrons. The molecule has 0 radical (unpaired) electrons. The predicted octanol–water partition coefficient (Wildman–Crippen LogP) is 1.77. The van der Waals surface area contributed by atoms with Crippen LogP contribution in [0.3, 0.4) is 0 Å². The standard InChI is InChI=1S/C14H10Cl2N4O5/c1-2-25-14(23)10-9-11(20(17-10)18-24)13(22)19(12(9)21)6-3-4-7(15)8(16)5-6/h3-5,9,11H,2H2,1H3/t9-,11-/m1/s1. The first-order valence-electron chi connectivity index (χ1n) is 7.11. The molecule has 9 nitrogen and oxygen atoms in total. The number of ether oxygens (including phenoxy) is 1. The van der Waals surface area contributed by atoms with E-state index in [0.717, 1.165) is 4.90 Å². The number of rotatable bonds is 4. The molecule has 2 aliphatic rings. The smallest absolute Gasteiger partial charge is 0.355 e. The molecule has 1 aromatic carbocycles. The highest BCUT2D eigenvalue weighted by molar-refractivity contribution is 6.47. The lowest BCUT2D eigenvalue weighted by Crippen LogP contribution is -2.36. The van der Waals surface area contributed by atoms with Crippen LogP contribution in [0.15, 0.2) is 28.6 Å². The van der Waals surface area contributed by atoms with Crippen LogP contribution < -0.4 is 4.90 Å². The van der Waals surface area contributed by atoms with E-state index in [1.807, 2.05) is 0 Å². The Balaban J connectivity index is 2.02. The molecule has 0 saturated carbocycles. The molecule has 2 aliphatic heterocycles. The lowest BCUT2D eigenvalue weighted by molar-refractivity contribution is -0.136. The molecule has 0 aromatic heterocycles. The van der Waals surface area contributed by atoms with E-state index in [4.69, 9.17) is 27.9 Å². The van der Waals surface area contributed by atoms with Gasteiger partial charge in [0, 0.05) is 0 Å². The van der Waals surface area contributed by atoms with Gasteiger partial charge in [-0.2, -0.15) is 0 Å². The minimum Gasteiger partial charge on any atom is -0.461 e. The van der Waals surface area contributed by atoms with Crippen molar-refractivity contribution in [3.63, 3.8) is 0 Å². The molecule has 1 saturated heterocycles. The third-order valence-corrected chi connectivity index (χ3v) is 4.50. The maximum absolute atomic E-state index is 12.7. The zero-order chi connectivity index (χ0) is 18.3. The molecule has 25 heavy (non-hydrogen) atoms. The number of carbonyl (C=O) groups is 3. The minimum absolute atomic E-state index is 0.0440. The summed E-state index contributed by atoms with van der Waals surface area (Å²) in [6.45, 7) is 1.62. The van der Waals surface area contributed by atoms with Gasteiger partial charge in [0.25, 0.3) is 5.91 Å². The summed E-state index contributed by atoms with van der Waals surface area (Å²) >= 11 is 11.8. The molecule has 2 heterocycles. The van der Waals surface area contributed by atoms with Crippen LogP contribution in [0.25, 0.3) is 0 Å². The van der Waals surface area contributed by atoms with Crippen LogP contribution in [-0.4, -0.2) is 41.3 Å². The molecule has 0 spiro atoms. The summed E-state index contributed by atoms with van der Waals surface area (Å²) in [5.74, 6) is -3.65.